The monoisotopic (exact) mass is 270 g/mol. The highest BCUT2D eigenvalue weighted by Gasteiger charge is 2.29. The van der Waals surface area contributed by atoms with E-state index in [-0.39, 0.29) is 11.3 Å². The zero-order valence-corrected chi connectivity index (χ0v) is 11.4. The molecule has 0 bridgehead atoms. The fourth-order valence-corrected chi connectivity index (χ4v) is 3.58. The Balaban J connectivity index is 3.01. The standard InChI is InChI=1S/C13H18O4S/c1-3-7-12(10-13(14)17-2)18(15,16)11-8-5-4-6-9-11/h4-6,8-9,12H,3,7,10H2,1-2H3. The molecule has 1 atom stereocenters. The summed E-state index contributed by atoms with van der Waals surface area (Å²) in [6, 6.07) is 8.21. The Bertz CT molecular complexity index is 479. The van der Waals surface area contributed by atoms with E-state index in [1.807, 2.05) is 6.92 Å². The van der Waals surface area contributed by atoms with Gasteiger partial charge in [0.1, 0.15) is 0 Å². The zero-order valence-electron chi connectivity index (χ0n) is 10.6. The van der Waals surface area contributed by atoms with E-state index in [1.54, 1.807) is 30.3 Å². The van der Waals surface area contributed by atoms with Crippen molar-refractivity contribution in [2.45, 2.75) is 36.3 Å². The lowest BCUT2D eigenvalue weighted by Crippen LogP contribution is -2.25. The van der Waals surface area contributed by atoms with E-state index >= 15 is 0 Å². The predicted octanol–water partition coefficient (Wildman–Crippen LogP) is 2.19. The lowest BCUT2D eigenvalue weighted by molar-refractivity contribution is -0.140. The second kappa shape index (κ2) is 6.54. The average Bonchev–Trinajstić information content (AvgIpc) is 2.39. The number of carbonyl (C=O) groups excluding carboxylic acids is 1. The van der Waals surface area contributed by atoms with Crippen molar-refractivity contribution in [1.29, 1.82) is 0 Å². The van der Waals surface area contributed by atoms with Gasteiger partial charge in [0.2, 0.25) is 0 Å². The molecular weight excluding hydrogens is 252 g/mol. The van der Waals surface area contributed by atoms with Crippen LogP contribution in [0, 0.1) is 0 Å². The molecule has 0 radical (unpaired) electrons. The summed E-state index contributed by atoms with van der Waals surface area (Å²) in [6.45, 7) is 1.89. The molecule has 1 unspecified atom stereocenters. The molecule has 100 valence electrons. The van der Waals surface area contributed by atoms with Gasteiger partial charge >= 0.3 is 5.97 Å². The number of sulfone groups is 1. The van der Waals surface area contributed by atoms with Crippen molar-refractivity contribution in [3.8, 4) is 0 Å². The van der Waals surface area contributed by atoms with Crippen LogP contribution in [0.4, 0.5) is 0 Å². The first-order chi connectivity index (χ1) is 8.52. The van der Waals surface area contributed by atoms with Crippen LogP contribution in [0.2, 0.25) is 0 Å². The number of esters is 1. The highest BCUT2D eigenvalue weighted by molar-refractivity contribution is 7.92. The fourth-order valence-electron chi connectivity index (χ4n) is 1.76. The summed E-state index contributed by atoms with van der Waals surface area (Å²) in [5.74, 6) is -0.493. The predicted molar refractivity (Wildman–Crippen MR) is 69.0 cm³/mol. The van der Waals surface area contributed by atoms with Crippen LogP contribution in [-0.2, 0) is 19.4 Å². The Morgan fingerprint density at radius 3 is 2.39 bits per heavy atom. The van der Waals surface area contributed by atoms with Crippen molar-refractivity contribution in [1.82, 2.24) is 0 Å². The van der Waals surface area contributed by atoms with Gasteiger partial charge in [-0.2, -0.15) is 0 Å². The SMILES string of the molecule is CCCC(CC(=O)OC)S(=O)(=O)c1ccccc1. The number of hydrogen-bond donors (Lipinski definition) is 0. The maximum absolute atomic E-state index is 12.4. The third-order valence-electron chi connectivity index (χ3n) is 2.74. The molecule has 18 heavy (non-hydrogen) atoms. The molecule has 0 saturated carbocycles. The normalized spacial score (nSPS) is 13.0. The topological polar surface area (TPSA) is 60.4 Å². The number of carbonyl (C=O) groups is 1. The van der Waals surface area contributed by atoms with Crippen molar-refractivity contribution in [2.75, 3.05) is 7.11 Å². The van der Waals surface area contributed by atoms with Crippen molar-refractivity contribution in [3.63, 3.8) is 0 Å². The molecular formula is C13H18O4S. The maximum atomic E-state index is 12.4. The summed E-state index contributed by atoms with van der Waals surface area (Å²) in [7, 11) is -2.20. The Morgan fingerprint density at radius 1 is 1.28 bits per heavy atom. The lowest BCUT2D eigenvalue weighted by atomic mass is 10.2. The summed E-state index contributed by atoms with van der Waals surface area (Å²) in [5.41, 5.74) is 0. The minimum absolute atomic E-state index is 0.0957. The van der Waals surface area contributed by atoms with E-state index in [4.69, 9.17) is 0 Å². The summed E-state index contributed by atoms with van der Waals surface area (Å²) >= 11 is 0. The van der Waals surface area contributed by atoms with Gasteiger partial charge < -0.3 is 4.74 Å². The summed E-state index contributed by atoms with van der Waals surface area (Å²) < 4.78 is 29.3. The van der Waals surface area contributed by atoms with Gasteiger partial charge in [-0.1, -0.05) is 31.5 Å². The van der Waals surface area contributed by atoms with E-state index in [2.05, 4.69) is 4.74 Å². The number of rotatable bonds is 6. The maximum Gasteiger partial charge on any atom is 0.306 e. The van der Waals surface area contributed by atoms with E-state index in [0.717, 1.165) is 0 Å². The van der Waals surface area contributed by atoms with Crippen LogP contribution in [0.5, 0.6) is 0 Å². The second-order valence-electron chi connectivity index (χ2n) is 4.05. The fraction of sp³-hybridized carbons (Fsp3) is 0.462. The van der Waals surface area contributed by atoms with Crippen molar-refractivity contribution in [2.24, 2.45) is 0 Å². The second-order valence-corrected chi connectivity index (χ2v) is 6.28. The highest BCUT2D eigenvalue weighted by atomic mass is 32.2. The Labute approximate surface area is 108 Å². The Morgan fingerprint density at radius 2 is 1.89 bits per heavy atom. The minimum atomic E-state index is -3.47. The van der Waals surface area contributed by atoms with E-state index in [1.165, 1.54) is 7.11 Å². The molecule has 0 amide bonds. The van der Waals surface area contributed by atoms with Gasteiger partial charge in [-0.15, -0.1) is 0 Å². The van der Waals surface area contributed by atoms with Crippen LogP contribution in [0.15, 0.2) is 35.2 Å². The first-order valence-electron chi connectivity index (χ1n) is 5.88. The first kappa shape index (κ1) is 14.7. The van der Waals surface area contributed by atoms with Gasteiger partial charge in [-0.3, -0.25) is 4.79 Å². The summed E-state index contributed by atoms with van der Waals surface area (Å²) in [5, 5.41) is -0.711. The number of hydrogen-bond acceptors (Lipinski definition) is 4. The molecule has 1 aromatic carbocycles. The average molecular weight is 270 g/mol. The molecule has 0 N–H and O–H groups in total. The molecule has 0 aliphatic carbocycles. The molecule has 0 spiro atoms. The number of benzene rings is 1. The van der Waals surface area contributed by atoms with Gasteiger partial charge in [0.25, 0.3) is 0 Å². The molecule has 0 heterocycles. The van der Waals surface area contributed by atoms with E-state index in [9.17, 15) is 13.2 Å². The van der Waals surface area contributed by atoms with Gasteiger partial charge in [-0.05, 0) is 18.6 Å². The van der Waals surface area contributed by atoms with E-state index < -0.39 is 21.1 Å². The lowest BCUT2D eigenvalue weighted by Gasteiger charge is -2.15. The summed E-state index contributed by atoms with van der Waals surface area (Å²) in [4.78, 5) is 11.5. The molecule has 0 aliphatic heterocycles. The zero-order chi connectivity index (χ0) is 13.6. The van der Waals surface area contributed by atoms with Crippen LogP contribution in [0.25, 0.3) is 0 Å². The Hall–Kier alpha value is -1.36. The molecule has 4 nitrogen and oxygen atoms in total. The van der Waals surface area contributed by atoms with Gasteiger partial charge in [-0.25, -0.2) is 8.42 Å². The van der Waals surface area contributed by atoms with Gasteiger partial charge in [0.05, 0.1) is 23.7 Å². The van der Waals surface area contributed by atoms with Crippen LogP contribution in [0.3, 0.4) is 0 Å². The van der Waals surface area contributed by atoms with E-state index in [0.29, 0.717) is 12.8 Å². The smallest absolute Gasteiger partial charge is 0.306 e. The van der Waals surface area contributed by atoms with Gasteiger partial charge in [0, 0.05) is 0 Å². The van der Waals surface area contributed by atoms with Crippen LogP contribution in [0.1, 0.15) is 26.2 Å². The summed E-state index contributed by atoms with van der Waals surface area (Å²) in [6.07, 6.45) is 1.06. The van der Waals surface area contributed by atoms with Crippen LogP contribution in [-0.4, -0.2) is 26.7 Å². The molecule has 1 rings (SSSR count). The Kier molecular flexibility index (Phi) is 5.34. The molecule has 0 aromatic heterocycles. The minimum Gasteiger partial charge on any atom is -0.469 e. The van der Waals surface area contributed by atoms with Gasteiger partial charge in [0.15, 0.2) is 9.84 Å². The number of ether oxygens (including phenoxy) is 1. The molecule has 0 aliphatic rings. The largest absolute Gasteiger partial charge is 0.469 e. The third kappa shape index (κ3) is 3.57. The molecule has 1 aromatic rings. The molecule has 0 saturated heterocycles. The molecule has 5 heteroatoms. The molecule has 0 fully saturated rings. The van der Waals surface area contributed by atoms with Crippen molar-refractivity contribution < 1.29 is 17.9 Å². The van der Waals surface area contributed by atoms with Crippen LogP contribution >= 0.6 is 0 Å². The quantitative estimate of drug-likeness (QED) is 0.743. The first-order valence-corrected chi connectivity index (χ1v) is 7.42. The highest BCUT2D eigenvalue weighted by Crippen LogP contribution is 2.22. The third-order valence-corrected chi connectivity index (χ3v) is 4.95. The van der Waals surface area contributed by atoms with Crippen molar-refractivity contribution >= 4 is 15.8 Å². The van der Waals surface area contributed by atoms with Crippen molar-refractivity contribution in [3.05, 3.63) is 30.3 Å². The van der Waals surface area contributed by atoms with Crippen LogP contribution < -0.4 is 0 Å². The number of methoxy groups -OCH3 is 1.